The van der Waals surface area contributed by atoms with Crippen LogP contribution in [0.3, 0.4) is 0 Å². The Labute approximate surface area is 154 Å². The molecule has 1 aliphatic heterocycles. The zero-order valence-electron chi connectivity index (χ0n) is 15.2. The first kappa shape index (κ1) is 16.6. The van der Waals surface area contributed by atoms with Crippen LogP contribution in [0.15, 0.2) is 78.9 Å². The molecule has 0 aromatic heterocycles. The third-order valence-electron chi connectivity index (χ3n) is 5.51. The molecule has 0 aliphatic carbocycles. The number of carbonyl (C=O) groups excluding carboxylic acids is 1. The van der Waals surface area contributed by atoms with E-state index in [-0.39, 0.29) is 17.2 Å². The molecular formula is C24H23NO. The van der Waals surface area contributed by atoms with Crippen LogP contribution in [0.25, 0.3) is 0 Å². The summed E-state index contributed by atoms with van der Waals surface area (Å²) in [6.07, 6.45) is 0.492. The Balaban J connectivity index is 1.81. The van der Waals surface area contributed by atoms with Gasteiger partial charge in [-0.25, -0.2) is 0 Å². The maximum Gasteiger partial charge on any atom is 0.225 e. The van der Waals surface area contributed by atoms with Gasteiger partial charge in [0.05, 0.1) is 0 Å². The number of fused-ring (bicyclic) bond motifs is 1. The maximum absolute atomic E-state index is 12.2. The van der Waals surface area contributed by atoms with Gasteiger partial charge in [0.25, 0.3) is 0 Å². The SMILES string of the molecule is CC(C)(c1ccccc1)c1ccc2c(c1)C(c1ccccc1)CC(=O)N2. The summed E-state index contributed by atoms with van der Waals surface area (Å²) in [5, 5.41) is 3.04. The van der Waals surface area contributed by atoms with E-state index in [1.807, 2.05) is 24.3 Å². The van der Waals surface area contributed by atoms with Crippen molar-refractivity contribution < 1.29 is 4.79 Å². The third kappa shape index (κ3) is 2.92. The standard InChI is InChI=1S/C24H23NO/c1-24(2,18-11-7-4-8-12-18)19-13-14-22-21(15-19)20(16-23(26)25-22)17-9-5-3-6-10-17/h3-15,20H,16H2,1-2H3,(H,25,26). The fourth-order valence-corrected chi connectivity index (χ4v) is 3.85. The highest BCUT2D eigenvalue weighted by Crippen LogP contribution is 2.40. The van der Waals surface area contributed by atoms with Crippen molar-refractivity contribution >= 4 is 11.6 Å². The molecule has 3 aromatic carbocycles. The fraction of sp³-hybridized carbons (Fsp3) is 0.208. The molecular weight excluding hydrogens is 318 g/mol. The van der Waals surface area contributed by atoms with E-state index in [0.29, 0.717) is 6.42 Å². The summed E-state index contributed by atoms with van der Waals surface area (Å²) in [6, 6.07) is 27.4. The van der Waals surface area contributed by atoms with Crippen molar-refractivity contribution in [3.05, 3.63) is 101 Å². The maximum atomic E-state index is 12.2. The number of benzene rings is 3. The number of nitrogens with one attached hydrogen (secondary N) is 1. The van der Waals surface area contributed by atoms with Crippen molar-refractivity contribution in [1.82, 2.24) is 0 Å². The van der Waals surface area contributed by atoms with Crippen LogP contribution in [-0.4, -0.2) is 5.91 Å². The first-order valence-electron chi connectivity index (χ1n) is 9.10. The van der Waals surface area contributed by atoms with Crippen LogP contribution in [-0.2, 0) is 10.2 Å². The molecule has 26 heavy (non-hydrogen) atoms. The lowest BCUT2D eigenvalue weighted by Gasteiger charge is -2.31. The summed E-state index contributed by atoms with van der Waals surface area (Å²) >= 11 is 0. The molecule has 130 valence electrons. The number of anilines is 1. The van der Waals surface area contributed by atoms with E-state index < -0.39 is 0 Å². The lowest BCUT2D eigenvalue weighted by molar-refractivity contribution is -0.116. The van der Waals surface area contributed by atoms with E-state index in [2.05, 4.69) is 73.8 Å². The molecule has 0 saturated carbocycles. The largest absolute Gasteiger partial charge is 0.326 e. The minimum absolute atomic E-state index is 0.0847. The van der Waals surface area contributed by atoms with E-state index in [0.717, 1.165) is 5.69 Å². The smallest absolute Gasteiger partial charge is 0.225 e. The minimum Gasteiger partial charge on any atom is -0.326 e. The lowest BCUT2D eigenvalue weighted by atomic mass is 9.75. The second-order valence-corrected chi connectivity index (χ2v) is 7.51. The van der Waals surface area contributed by atoms with Gasteiger partial charge in [0, 0.05) is 23.4 Å². The van der Waals surface area contributed by atoms with Crippen molar-refractivity contribution in [3.8, 4) is 0 Å². The molecule has 0 spiro atoms. The molecule has 0 saturated heterocycles. The van der Waals surface area contributed by atoms with Crippen LogP contribution in [0.1, 0.15) is 48.4 Å². The zero-order chi connectivity index (χ0) is 18.1. The second-order valence-electron chi connectivity index (χ2n) is 7.51. The first-order valence-corrected chi connectivity index (χ1v) is 9.10. The van der Waals surface area contributed by atoms with E-state index in [9.17, 15) is 4.79 Å². The number of carbonyl (C=O) groups is 1. The molecule has 1 atom stereocenters. The summed E-state index contributed by atoms with van der Waals surface area (Å²) in [5.41, 5.74) is 5.78. The monoisotopic (exact) mass is 341 g/mol. The van der Waals surface area contributed by atoms with E-state index >= 15 is 0 Å². The van der Waals surface area contributed by atoms with Crippen LogP contribution in [0.2, 0.25) is 0 Å². The van der Waals surface area contributed by atoms with Crippen LogP contribution >= 0.6 is 0 Å². The number of hydrogen-bond donors (Lipinski definition) is 1. The normalized spacial score (nSPS) is 16.7. The van der Waals surface area contributed by atoms with Gasteiger partial charge in [0.15, 0.2) is 0 Å². The summed E-state index contributed by atoms with van der Waals surface area (Å²) in [7, 11) is 0. The van der Waals surface area contributed by atoms with Crippen LogP contribution < -0.4 is 5.32 Å². The van der Waals surface area contributed by atoms with Gasteiger partial charge in [0.2, 0.25) is 5.91 Å². The van der Waals surface area contributed by atoms with Crippen molar-refractivity contribution in [3.63, 3.8) is 0 Å². The van der Waals surface area contributed by atoms with Crippen molar-refractivity contribution in [1.29, 1.82) is 0 Å². The van der Waals surface area contributed by atoms with Gasteiger partial charge in [-0.15, -0.1) is 0 Å². The summed E-state index contributed by atoms with van der Waals surface area (Å²) in [5.74, 6) is 0.188. The molecule has 0 fully saturated rings. The lowest BCUT2D eigenvalue weighted by Crippen LogP contribution is -2.25. The van der Waals surface area contributed by atoms with Gasteiger partial charge in [-0.05, 0) is 28.3 Å². The van der Waals surface area contributed by atoms with Crippen molar-refractivity contribution in [2.45, 2.75) is 31.6 Å². The Hall–Kier alpha value is -2.87. The van der Waals surface area contributed by atoms with Gasteiger partial charge in [0.1, 0.15) is 0 Å². The van der Waals surface area contributed by atoms with Gasteiger partial charge >= 0.3 is 0 Å². The van der Waals surface area contributed by atoms with Gasteiger partial charge in [-0.3, -0.25) is 4.79 Å². The molecule has 3 aromatic rings. The zero-order valence-corrected chi connectivity index (χ0v) is 15.2. The fourth-order valence-electron chi connectivity index (χ4n) is 3.85. The van der Waals surface area contributed by atoms with E-state index in [1.54, 1.807) is 0 Å². The van der Waals surface area contributed by atoms with E-state index in [4.69, 9.17) is 0 Å². The molecule has 2 heteroatoms. The second kappa shape index (κ2) is 6.45. The predicted molar refractivity (Wildman–Crippen MR) is 107 cm³/mol. The van der Waals surface area contributed by atoms with Crippen molar-refractivity contribution in [2.24, 2.45) is 0 Å². The average molecular weight is 341 g/mol. The molecule has 2 nitrogen and oxygen atoms in total. The Bertz CT molecular complexity index is 929. The molecule has 1 amide bonds. The number of hydrogen-bond acceptors (Lipinski definition) is 1. The summed E-state index contributed by atoms with van der Waals surface area (Å²) < 4.78 is 0. The Kier molecular flexibility index (Phi) is 4.12. The van der Waals surface area contributed by atoms with Crippen LogP contribution in [0.4, 0.5) is 5.69 Å². The first-order chi connectivity index (χ1) is 12.6. The molecule has 1 unspecified atom stereocenters. The van der Waals surface area contributed by atoms with Crippen molar-refractivity contribution in [2.75, 3.05) is 5.32 Å². The Morgan fingerprint density at radius 3 is 2.19 bits per heavy atom. The molecule has 4 rings (SSSR count). The van der Waals surface area contributed by atoms with Crippen LogP contribution in [0, 0.1) is 0 Å². The van der Waals surface area contributed by atoms with Gasteiger partial charge in [-0.2, -0.15) is 0 Å². The average Bonchev–Trinajstić information content (AvgIpc) is 2.68. The number of amides is 1. The van der Waals surface area contributed by atoms with Gasteiger partial charge < -0.3 is 5.32 Å². The highest BCUT2D eigenvalue weighted by Gasteiger charge is 2.29. The highest BCUT2D eigenvalue weighted by atomic mass is 16.1. The summed E-state index contributed by atoms with van der Waals surface area (Å²) in [6.45, 7) is 4.51. The highest BCUT2D eigenvalue weighted by molar-refractivity contribution is 5.95. The summed E-state index contributed by atoms with van der Waals surface area (Å²) in [4.78, 5) is 12.2. The van der Waals surface area contributed by atoms with Gasteiger partial charge in [-0.1, -0.05) is 86.6 Å². The number of rotatable bonds is 3. The topological polar surface area (TPSA) is 29.1 Å². The quantitative estimate of drug-likeness (QED) is 0.671. The van der Waals surface area contributed by atoms with E-state index in [1.165, 1.54) is 22.3 Å². The molecule has 0 radical (unpaired) electrons. The Morgan fingerprint density at radius 2 is 1.50 bits per heavy atom. The molecule has 1 aliphatic rings. The predicted octanol–water partition coefficient (Wildman–Crippen LogP) is 5.49. The third-order valence-corrected chi connectivity index (χ3v) is 5.51. The minimum atomic E-state index is -0.0982. The molecule has 1 N–H and O–H groups in total. The Morgan fingerprint density at radius 1 is 0.846 bits per heavy atom. The molecule has 0 bridgehead atoms. The molecule has 1 heterocycles. The van der Waals surface area contributed by atoms with Crippen LogP contribution in [0.5, 0.6) is 0 Å².